The molecular weight excluding hydrogens is 836 g/mol. The fourth-order valence-electron chi connectivity index (χ4n) is 5.72. The van der Waals surface area contributed by atoms with Crippen LogP contribution in [0.2, 0.25) is 0 Å². The minimum Gasteiger partial charge on any atom is -0.456 e. The Hall–Kier alpha value is -7.52. The number of nitrogens with zero attached hydrogens (tertiary/aromatic N) is 5. The zero-order valence-corrected chi connectivity index (χ0v) is 31.3. The Morgan fingerprint density at radius 1 is 0.613 bits per heavy atom. The molecule has 12 nitrogen and oxygen atoms in total. The molecule has 0 bridgehead atoms. The van der Waals surface area contributed by atoms with Crippen LogP contribution in [0.1, 0.15) is 22.5 Å². The Balaban J connectivity index is 0.000000235. The summed E-state index contributed by atoms with van der Waals surface area (Å²) >= 11 is 0. The van der Waals surface area contributed by atoms with Crippen LogP contribution in [-0.2, 0) is 23.0 Å². The number of ether oxygens (including phenoxy) is 2. The van der Waals surface area contributed by atoms with Crippen LogP contribution in [0.5, 0.6) is 23.0 Å². The summed E-state index contributed by atoms with van der Waals surface area (Å²) in [4.78, 5) is 23.4. The molecule has 62 heavy (non-hydrogen) atoms. The summed E-state index contributed by atoms with van der Waals surface area (Å²) in [7, 11) is 0. The van der Waals surface area contributed by atoms with Gasteiger partial charge in [-0.1, -0.05) is 30.3 Å². The number of nitro groups is 1. The summed E-state index contributed by atoms with van der Waals surface area (Å²) in [6.07, 6.45) is 1.89. The summed E-state index contributed by atoms with van der Waals surface area (Å²) in [6.45, 7) is 11.0. The number of alkyl halides is 4. The Morgan fingerprint density at radius 2 is 0.984 bits per heavy atom. The highest BCUT2D eigenvalue weighted by Crippen LogP contribution is 2.47. The molecule has 0 saturated carbocycles. The first kappa shape index (κ1) is 45.6. The van der Waals surface area contributed by atoms with Crippen LogP contribution in [0.3, 0.4) is 0 Å². The molecule has 0 radical (unpaired) electrons. The summed E-state index contributed by atoms with van der Waals surface area (Å²) in [5.74, 6) is -12.8. The van der Waals surface area contributed by atoms with Gasteiger partial charge >= 0.3 is 11.8 Å². The Labute approximate surface area is 345 Å². The Morgan fingerprint density at radius 3 is 1.31 bits per heavy atom. The molecule has 2 atom stereocenters. The first-order chi connectivity index (χ1) is 29.3. The van der Waals surface area contributed by atoms with E-state index >= 15 is 17.6 Å². The number of benzene rings is 4. The van der Waals surface area contributed by atoms with E-state index in [2.05, 4.69) is 19.7 Å². The molecule has 2 aromatic heterocycles. The van der Waals surface area contributed by atoms with Gasteiger partial charge in [-0.05, 0) is 66.7 Å². The molecule has 6 rings (SSSR count). The summed E-state index contributed by atoms with van der Waals surface area (Å²) in [5, 5.41) is 32.2. The third kappa shape index (κ3) is 9.58. The molecule has 0 saturated heterocycles. The lowest BCUT2D eigenvalue weighted by atomic mass is 9.84. The largest absolute Gasteiger partial charge is 0.456 e. The van der Waals surface area contributed by atoms with Crippen molar-refractivity contribution in [3.05, 3.63) is 200 Å². The van der Waals surface area contributed by atoms with Crippen molar-refractivity contribution in [2.45, 2.75) is 23.0 Å². The van der Waals surface area contributed by atoms with E-state index in [4.69, 9.17) is 28.4 Å². The second kappa shape index (κ2) is 18.4. The standard InChI is InChI=1S/C21H13F4N3O4.C21H15F4N3O2/c1-26-14-3-5-15(6-4-14)32-16-7-9-19(27-11-16)21(24,25)20(29,12-28(30)31)17-8-2-13(22)10-18(17)23;1-27-14-3-5-15(6-4-14)30-16-7-9-19(28-11-16)21(24,25)20(29,12-26)17-8-2-13(22)10-18(17)23/h2-11,29H,12H2;2-11,29H,12,26H2. The summed E-state index contributed by atoms with van der Waals surface area (Å²) in [6, 6.07) is 19.2. The van der Waals surface area contributed by atoms with Crippen LogP contribution in [0.15, 0.2) is 122 Å². The van der Waals surface area contributed by atoms with Crippen LogP contribution in [-0.4, -0.2) is 38.2 Å². The van der Waals surface area contributed by atoms with E-state index in [1.165, 1.54) is 54.6 Å². The van der Waals surface area contributed by atoms with E-state index in [0.29, 0.717) is 35.3 Å². The van der Waals surface area contributed by atoms with Crippen molar-refractivity contribution < 1.29 is 59.7 Å². The normalized spacial score (nSPS) is 13.2. The van der Waals surface area contributed by atoms with Gasteiger partial charge in [-0.3, -0.25) is 20.1 Å². The van der Waals surface area contributed by atoms with Crippen LogP contribution in [0.4, 0.5) is 46.5 Å². The van der Waals surface area contributed by atoms with Gasteiger partial charge in [-0.15, -0.1) is 0 Å². The number of hydrogen-bond acceptors (Lipinski definition) is 9. The number of hydrogen-bond donors (Lipinski definition) is 3. The second-order valence-electron chi connectivity index (χ2n) is 13.0. The van der Waals surface area contributed by atoms with E-state index in [0.717, 1.165) is 42.7 Å². The average molecular weight is 865 g/mol. The number of pyridine rings is 2. The first-order valence-corrected chi connectivity index (χ1v) is 17.4. The Bertz CT molecular complexity index is 2630. The zero-order chi connectivity index (χ0) is 45.5. The van der Waals surface area contributed by atoms with Gasteiger partial charge in [0.2, 0.25) is 12.1 Å². The van der Waals surface area contributed by atoms with Crippen molar-refractivity contribution in [3.63, 3.8) is 0 Å². The van der Waals surface area contributed by atoms with Gasteiger partial charge in [0.1, 0.15) is 57.7 Å². The number of rotatable bonds is 13. The molecule has 0 aliphatic heterocycles. The van der Waals surface area contributed by atoms with Crippen LogP contribution in [0.25, 0.3) is 9.69 Å². The van der Waals surface area contributed by atoms with E-state index in [1.807, 2.05) is 0 Å². The van der Waals surface area contributed by atoms with Crippen molar-refractivity contribution >= 4 is 11.4 Å². The Kier molecular flexibility index (Phi) is 13.5. The highest BCUT2D eigenvalue weighted by molar-refractivity contribution is 5.49. The smallest absolute Gasteiger partial charge is 0.328 e. The predicted octanol–water partition coefficient (Wildman–Crippen LogP) is 9.60. The number of halogens is 8. The minimum atomic E-state index is -4.44. The van der Waals surface area contributed by atoms with Gasteiger partial charge in [0.05, 0.1) is 25.5 Å². The quantitative estimate of drug-likeness (QED) is 0.0444. The fraction of sp³-hybridized carbons (Fsp3) is 0.143. The van der Waals surface area contributed by atoms with Crippen molar-refractivity contribution in [1.29, 1.82) is 0 Å². The molecule has 4 aromatic carbocycles. The molecule has 318 valence electrons. The van der Waals surface area contributed by atoms with Gasteiger partial charge < -0.3 is 25.4 Å². The molecule has 0 aliphatic carbocycles. The monoisotopic (exact) mass is 864 g/mol. The number of aromatic nitrogens is 2. The first-order valence-electron chi connectivity index (χ1n) is 17.4. The summed E-state index contributed by atoms with van der Waals surface area (Å²) in [5.41, 5.74) is -4.65. The highest BCUT2D eigenvalue weighted by Gasteiger charge is 2.61. The van der Waals surface area contributed by atoms with Gasteiger partial charge in [0, 0.05) is 34.7 Å². The molecule has 20 heteroatoms. The molecule has 4 N–H and O–H groups in total. The maximum Gasteiger partial charge on any atom is 0.328 e. The van der Waals surface area contributed by atoms with Gasteiger partial charge in [-0.2, -0.15) is 17.6 Å². The molecule has 0 fully saturated rings. The van der Waals surface area contributed by atoms with E-state index in [-0.39, 0.29) is 23.3 Å². The van der Waals surface area contributed by atoms with Crippen LogP contribution < -0.4 is 15.2 Å². The topological polar surface area (TPSA) is 163 Å². The van der Waals surface area contributed by atoms with Crippen molar-refractivity contribution in [3.8, 4) is 23.0 Å². The third-order valence-electron chi connectivity index (χ3n) is 8.96. The van der Waals surface area contributed by atoms with Gasteiger partial charge in [0.25, 0.3) is 0 Å². The lowest BCUT2D eigenvalue weighted by molar-refractivity contribution is -0.514. The molecule has 0 aliphatic rings. The molecule has 0 amide bonds. The third-order valence-corrected chi connectivity index (χ3v) is 8.96. The average Bonchev–Trinajstić information content (AvgIpc) is 3.24. The van der Waals surface area contributed by atoms with Crippen molar-refractivity contribution in [1.82, 2.24) is 9.97 Å². The van der Waals surface area contributed by atoms with E-state index < -0.39 is 86.8 Å². The molecular formula is C42H28F8N6O6. The molecule has 0 spiro atoms. The fourth-order valence-corrected chi connectivity index (χ4v) is 5.72. The lowest BCUT2D eigenvalue weighted by Crippen LogP contribution is -2.50. The van der Waals surface area contributed by atoms with Crippen LogP contribution >= 0.6 is 0 Å². The van der Waals surface area contributed by atoms with E-state index in [1.54, 1.807) is 0 Å². The van der Waals surface area contributed by atoms with Crippen molar-refractivity contribution in [2.75, 3.05) is 13.1 Å². The second-order valence-corrected chi connectivity index (χ2v) is 13.0. The number of nitrogens with two attached hydrogens (primary N) is 1. The van der Waals surface area contributed by atoms with Gasteiger partial charge in [-0.25, -0.2) is 27.3 Å². The number of aliphatic hydroxyl groups is 2. The molecule has 6 aromatic rings. The highest BCUT2D eigenvalue weighted by atomic mass is 19.3. The maximum atomic E-state index is 15.2. The minimum absolute atomic E-state index is 0.0193. The van der Waals surface area contributed by atoms with Gasteiger partial charge in [0.15, 0.2) is 17.0 Å². The summed E-state index contributed by atoms with van der Waals surface area (Å²) < 4.78 is 126. The zero-order valence-electron chi connectivity index (χ0n) is 31.3. The molecule has 2 heterocycles. The molecule has 2 unspecified atom stereocenters. The van der Waals surface area contributed by atoms with E-state index in [9.17, 15) is 37.9 Å². The lowest BCUT2D eigenvalue weighted by Gasteiger charge is -2.35. The maximum absolute atomic E-state index is 15.2. The van der Waals surface area contributed by atoms with Crippen molar-refractivity contribution in [2.24, 2.45) is 5.73 Å². The SMILES string of the molecule is [C-]#[N+]c1ccc(Oc2ccc(C(F)(F)C(O)(CN)c3ccc(F)cc3F)nc2)cc1.[C-]#[N+]c1ccc(Oc2ccc(C(F)(F)C(O)(C[N+](=O)[O-])c3ccc(F)cc3F)nc2)cc1. The predicted molar refractivity (Wildman–Crippen MR) is 203 cm³/mol. The van der Waals surface area contributed by atoms with Crippen LogP contribution in [0, 0.1) is 46.5 Å².